The molecule has 0 fully saturated rings. The van der Waals surface area contributed by atoms with Gasteiger partial charge in [-0.15, -0.1) is 0 Å². The summed E-state index contributed by atoms with van der Waals surface area (Å²) < 4.78 is 60.9. The predicted octanol–water partition coefficient (Wildman–Crippen LogP) is 7.13. The van der Waals surface area contributed by atoms with E-state index in [-0.39, 0.29) is 43.4 Å². The normalized spacial score (nSPS) is 13.3. The van der Waals surface area contributed by atoms with Gasteiger partial charge in [-0.05, 0) is 108 Å². The SMILES string of the molecule is COC(=O)[C@H](C)[C@H](C)n1c(=O)nc(Nc2cccc(C(F)(F)F)c2)n(Cc2ccc(COC(=O)[C@@H](C)[C@@H](C)n3c(=O)nc(Nc4ccc(OC(C)C)cc4)n(Cc4ccc(C)cc4)c3=O)cc2)c1=O. The maximum absolute atomic E-state index is 14.2. The molecule has 0 aliphatic heterocycles. The zero-order chi connectivity index (χ0) is 50.3. The number of benzene rings is 4. The lowest BCUT2D eigenvalue weighted by atomic mass is 10.0. The number of esters is 2. The number of aromatic nitrogens is 6. The zero-order valence-corrected chi connectivity index (χ0v) is 39.2. The molecule has 364 valence electrons. The van der Waals surface area contributed by atoms with Crippen LogP contribution in [0.3, 0.4) is 0 Å². The van der Waals surface area contributed by atoms with Crippen LogP contribution in [0, 0.1) is 18.8 Å². The Morgan fingerprint density at radius 1 is 0.638 bits per heavy atom. The average Bonchev–Trinajstić information content (AvgIpc) is 3.31. The fourth-order valence-corrected chi connectivity index (χ4v) is 7.22. The Kier molecular flexibility index (Phi) is 15.7. The van der Waals surface area contributed by atoms with E-state index < -0.39 is 70.4 Å². The first kappa shape index (κ1) is 50.6. The lowest BCUT2D eigenvalue weighted by Crippen LogP contribution is -2.46. The molecule has 0 amide bonds. The minimum absolute atomic E-state index is 0.00101. The summed E-state index contributed by atoms with van der Waals surface area (Å²) in [6.07, 6.45) is -4.71. The molecule has 69 heavy (non-hydrogen) atoms. The third kappa shape index (κ3) is 12.2. The highest BCUT2D eigenvalue weighted by Gasteiger charge is 2.32. The number of aryl methyl sites for hydroxylation is 1. The van der Waals surface area contributed by atoms with Gasteiger partial charge >= 0.3 is 40.9 Å². The number of halogens is 3. The Labute approximate surface area is 394 Å². The van der Waals surface area contributed by atoms with Crippen molar-refractivity contribution in [2.45, 2.75) is 92.5 Å². The van der Waals surface area contributed by atoms with Crippen LogP contribution in [0.15, 0.2) is 116 Å². The number of ether oxygens (including phenoxy) is 3. The van der Waals surface area contributed by atoms with Gasteiger partial charge in [0.2, 0.25) is 11.9 Å². The van der Waals surface area contributed by atoms with Gasteiger partial charge in [-0.25, -0.2) is 28.3 Å². The van der Waals surface area contributed by atoms with E-state index in [9.17, 15) is 41.9 Å². The van der Waals surface area contributed by atoms with Crippen LogP contribution in [-0.2, 0) is 44.9 Å². The number of hydrogen-bond acceptors (Lipinski definition) is 13. The summed E-state index contributed by atoms with van der Waals surface area (Å²) in [7, 11) is 1.16. The van der Waals surface area contributed by atoms with Crippen LogP contribution in [0.25, 0.3) is 0 Å². The van der Waals surface area contributed by atoms with E-state index in [2.05, 4.69) is 20.6 Å². The topological polar surface area (TPSA) is 200 Å². The molecular formula is C49H53F3N8O9. The summed E-state index contributed by atoms with van der Waals surface area (Å²) in [6, 6.07) is 23.1. The lowest BCUT2D eigenvalue weighted by Gasteiger charge is -2.22. The van der Waals surface area contributed by atoms with Gasteiger partial charge in [-0.3, -0.25) is 18.7 Å². The average molecular weight is 955 g/mol. The molecule has 0 spiro atoms. The molecule has 2 heterocycles. The van der Waals surface area contributed by atoms with Gasteiger partial charge in [0, 0.05) is 11.4 Å². The molecule has 2 N–H and O–H groups in total. The van der Waals surface area contributed by atoms with Crippen molar-refractivity contribution in [3.05, 3.63) is 167 Å². The van der Waals surface area contributed by atoms with Crippen molar-refractivity contribution in [2.75, 3.05) is 17.7 Å². The van der Waals surface area contributed by atoms with Crippen molar-refractivity contribution in [3.63, 3.8) is 0 Å². The number of rotatable bonds is 18. The molecule has 4 aromatic carbocycles. The largest absolute Gasteiger partial charge is 0.491 e. The molecule has 20 heteroatoms. The predicted molar refractivity (Wildman–Crippen MR) is 251 cm³/mol. The first-order valence-electron chi connectivity index (χ1n) is 22.0. The second-order valence-corrected chi connectivity index (χ2v) is 16.9. The van der Waals surface area contributed by atoms with Crippen molar-refractivity contribution in [2.24, 2.45) is 11.8 Å². The first-order chi connectivity index (χ1) is 32.6. The molecule has 6 rings (SSSR count). The highest BCUT2D eigenvalue weighted by Crippen LogP contribution is 2.31. The number of nitrogens with one attached hydrogen (secondary N) is 2. The molecule has 0 aliphatic rings. The van der Waals surface area contributed by atoms with Crippen LogP contribution >= 0.6 is 0 Å². The molecule has 6 aromatic rings. The van der Waals surface area contributed by atoms with Crippen LogP contribution in [-0.4, -0.2) is 53.4 Å². The second-order valence-electron chi connectivity index (χ2n) is 16.9. The van der Waals surface area contributed by atoms with E-state index in [1.807, 2.05) is 45.0 Å². The quantitative estimate of drug-likeness (QED) is 0.0826. The van der Waals surface area contributed by atoms with E-state index in [1.54, 1.807) is 55.5 Å². The number of carbonyl (C=O) groups is 2. The lowest BCUT2D eigenvalue weighted by molar-refractivity contribution is -0.151. The van der Waals surface area contributed by atoms with Crippen molar-refractivity contribution in [1.82, 2.24) is 28.2 Å². The number of carbonyl (C=O) groups excluding carboxylic acids is 2. The Bertz CT molecular complexity index is 3040. The molecule has 0 radical (unpaired) electrons. The van der Waals surface area contributed by atoms with Crippen LogP contribution in [0.2, 0.25) is 0 Å². The molecule has 4 atom stereocenters. The zero-order valence-electron chi connectivity index (χ0n) is 39.2. The van der Waals surface area contributed by atoms with E-state index in [0.717, 1.165) is 50.1 Å². The number of nitrogens with zero attached hydrogens (tertiary/aromatic N) is 6. The fourth-order valence-electron chi connectivity index (χ4n) is 7.22. The molecule has 2 aromatic heterocycles. The first-order valence-corrected chi connectivity index (χ1v) is 22.0. The third-order valence-corrected chi connectivity index (χ3v) is 11.5. The van der Waals surface area contributed by atoms with Crippen LogP contribution in [0.1, 0.15) is 81.4 Å². The Balaban J connectivity index is 1.21. The van der Waals surface area contributed by atoms with Crippen molar-refractivity contribution in [3.8, 4) is 5.75 Å². The summed E-state index contributed by atoms with van der Waals surface area (Å²) in [5, 5.41) is 5.75. The fraction of sp³-hybridized carbons (Fsp3) is 0.347. The minimum atomic E-state index is -4.68. The van der Waals surface area contributed by atoms with Gasteiger partial charge in [-0.2, -0.15) is 23.1 Å². The van der Waals surface area contributed by atoms with Crippen molar-refractivity contribution in [1.29, 1.82) is 0 Å². The van der Waals surface area contributed by atoms with Crippen molar-refractivity contribution >= 4 is 35.2 Å². The summed E-state index contributed by atoms with van der Waals surface area (Å²) in [6.45, 7) is 11.4. The van der Waals surface area contributed by atoms with Gasteiger partial charge in [0.25, 0.3) is 0 Å². The maximum atomic E-state index is 14.2. The number of hydrogen-bond donors (Lipinski definition) is 2. The minimum Gasteiger partial charge on any atom is -0.491 e. The standard InChI is InChI=1S/C49H53F3N8O9/c1-28(2)69-40-22-20-38(21-23-40)53-43-55-45(63)60(47(65)57(43)25-34-14-12-29(3)13-15-34)33(7)31(5)42(62)68-27-36-18-16-35(17-19-36)26-58-44(54-39-11-9-10-37(24-39)49(50,51)52)56-46(64)59(48(58)66)32(6)30(4)41(61)67-8/h9-24,28,30-33H,25-27H2,1-8H3,(H,53,55,63)(H,54,56,64)/t30-,31+,32+,33-/m1/s1. The number of anilines is 4. The van der Waals surface area contributed by atoms with Crippen molar-refractivity contribution < 1.29 is 37.0 Å². The van der Waals surface area contributed by atoms with Gasteiger partial charge in [0.05, 0.1) is 55.8 Å². The summed E-state index contributed by atoms with van der Waals surface area (Å²) in [5.74, 6) is -3.07. The van der Waals surface area contributed by atoms with Crippen LogP contribution < -0.4 is 38.1 Å². The Morgan fingerprint density at radius 2 is 1.12 bits per heavy atom. The van der Waals surface area contributed by atoms with E-state index in [1.165, 1.54) is 31.4 Å². The Morgan fingerprint density at radius 3 is 1.61 bits per heavy atom. The molecule has 0 saturated carbocycles. The molecule has 17 nitrogen and oxygen atoms in total. The highest BCUT2D eigenvalue weighted by atomic mass is 19.4. The second kappa shape index (κ2) is 21.5. The Hall–Kier alpha value is -7.77. The van der Waals surface area contributed by atoms with Crippen LogP contribution in [0.5, 0.6) is 5.75 Å². The molecule has 0 saturated heterocycles. The third-order valence-electron chi connectivity index (χ3n) is 11.5. The maximum Gasteiger partial charge on any atom is 0.416 e. The van der Waals surface area contributed by atoms with Gasteiger partial charge in [0.1, 0.15) is 12.4 Å². The molecular weight excluding hydrogens is 902 g/mol. The van der Waals surface area contributed by atoms with E-state index in [0.29, 0.717) is 22.6 Å². The summed E-state index contributed by atoms with van der Waals surface area (Å²) >= 11 is 0. The van der Waals surface area contributed by atoms with Crippen LogP contribution in [0.4, 0.5) is 36.4 Å². The monoisotopic (exact) mass is 954 g/mol. The van der Waals surface area contributed by atoms with E-state index >= 15 is 0 Å². The highest BCUT2D eigenvalue weighted by molar-refractivity contribution is 5.73. The molecule has 0 aliphatic carbocycles. The number of alkyl halides is 3. The smallest absolute Gasteiger partial charge is 0.416 e. The van der Waals surface area contributed by atoms with E-state index in [4.69, 9.17) is 14.2 Å². The molecule has 0 bridgehead atoms. The molecule has 0 unspecified atom stereocenters. The summed E-state index contributed by atoms with van der Waals surface area (Å²) in [4.78, 5) is 89.4. The number of methoxy groups -OCH3 is 1. The van der Waals surface area contributed by atoms with Gasteiger partial charge in [-0.1, -0.05) is 60.2 Å². The summed E-state index contributed by atoms with van der Waals surface area (Å²) in [5.41, 5.74) is -1.28. The van der Waals surface area contributed by atoms with Gasteiger partial charge < -0.3 is 24.8 Å². The van der Waals surface area contributed by atoms with Gasteiger partial charge in [0.15, 0.2) is 0 Å².